The number of hydrogen-bond donors (Lipinski definition) is 3. The number of nitrogens with one attached hydrogen (secondary N) is 2. The highest BCUT2D eigenvalue weighted by Gasteiger charge is 2.71. The maximum Gasteiger partial charge on any atom is 0.241 e. The van der Waals surface area contributed by atoms with Crippen LogP contribution >= 0.6 is 0 Å². The summed E-state index contributed by atoms with van der Waals surface area (Å²) >= 11 is 0. The van der Waals surface area contributed by atoms with Crippen molar-refractivity contribution < 1.29 is 9.53 Å². The van der Waals surface area contributed by atoms with Gasteiger partial charge in [0.15, 0.2) is 5.82 Å². The monoisotopic (exact) mass is 280 g/mol. The van der Waals surface area contributed by atoms with Crippen molar-refractivity contribution >= 4 is 5.91 Å². The lowest BCUT2D eigenvalue weighted by molar-refractivity contribution is -0.176. The van der Waals surface area contributed by atoms with Gasteiger partial charge in [0.1, 0.15) is 5.54 Å². The highest BCUT2D eigenvalue weighted by molar-refractivity contribution is 5.89. The normalized spacial score (nSPS) is 36.0. The number of fused-ring (bicyclic) bond motifs is 1. The van der Waals surface area contributed by atoms with Gasteiger partial charge in [0, 0.05) is 17.9 Å². The smallest absolute Gasteiger partial charge is 0.241 e. The summed E-state index contributed by atoms with van der Waals surface area (Å²) in [4.78, 5) is 12.6. The number of tetrazole rings is 1. The Balaban J connectivity index is 1.77. The third-order valence-electron chi connectivity index (χ3n) is 4.93. The first-order valence-corrected chi connectivity index (χ1v) is 6.84. The molecule has 0 aromatic carbocycles. The van der Waals surface area contributed by atoms with Gasteiger partial charge in [-0.1, -0.05) is 19.1 Å². The van der Waals surface area contributed by atoms with Gasteiger partial charge in [-0.3, -0.25) is 4.79 Å². The number of aromatic amines is 1. The van der Waals surface area contributed by atoms with Crippen LogP contribution in [0, 0.1) is 11.3 Å². The van der Waals surface area contributed by atoms with E-state index in [9.17, 15) is 4.79 Å². The van der Waals surface area contributed by atoms with E-state index in [2.05, 4.69) is 25.9 Å². The van der Waals surface area contributed by atoms with Crippen LogP contribution in [-0.4, -0.2) is 44.8 Å². The molecule has 1 amide bonds. The zero-order valence-corrected chi connectivity index (χ0v) is 11.9. The highest BCUT2D eigenvalue weighted by Crippen LogP contribution is 2.58. The van der Waals surface area contributed by atoms with Gasteiger partial charge in [-0.15, -0.1) is 10.2 Å². The van der Waals surface area contributed by atoms with E-state index in [1.54, 1.807) is 6.92 Å². The molecular weight excluding hydrogens is 260 g/mol. The van der Waals surface area contributed by atoms with Crippen LogP contribution in [0.4, 0.5) is 0 Å². The molecule has 4 unspecified atom stereocenters. The van der Waals surface area contributed by atoms with E-state index in [1.165, 1.54) is 0 Å². The zero-order chi connectivity index (χ0) is 14.5. The predicted octanol–water partition coefficient (Wildman–Crippen LogP) is -0.481. The fourth-order valence-corrected chi connectivity index (χ4v) is 3.58. The molecule has 8 heteroatoms. The molecule has 0 radical (unpaired) electrons. The minimum atomic E-state index is -0.911. The standard InChI is InChI=1S/C12H20N6O2/c1-6(9-15-17-18-16-9)14-10(19)12(13)7-4-5-20-8(7)11(12,2)3/h6-8H,4-5,13H2,1-3H3,(H,14,19)(H,15,16,17,18). The molecule has 1 saturated heterocycles. The molecule has 20 heavy (non-hydrogen) atoms. The molecule has 3 rings (SSSR count). The van der Waals surface area contributed by atoms with Gasteiger partial charge in [-0.2, -0.15) is 5.21 Å². The number of rotatable bonds is 3. The fraction of sp³-hybridized carbons (Fsp3) is 0.833. The van der Waals surface area contributed by atoms with Crippen molar-refractivity contribution in [2.24, 2.45) is 17.1 Å². The largest absolute Gasteiger partial charge is 0.377 e. The Morgan fingerprint density at radius 2 is 2.35 bits per heavy atom. The van der Waals surface area contributed by atoms with Crippen LogP contribution in [0.5, 0.6) is 0 Å². The van der Waals surface area contributed by atoms with Crippen molar-refractivity contribution in [1.82, 2.24) is 25.9 Å². The molecule has 4 N–H and O–H groups in total. The zero-order valence-electron chi connectivity index (χ0n) is 11.9. The van der Waals surface area contributed by atoms with E-state index in [4.69, 9.17) is 10.5 Å². The van der Waals surface area contributed by atoms with Crippen LogP contribution in [0.15, 0.2) is 0 Å². The SMILES string of the molecule is CC(NC(=O)C1(N)C2CCOC2C1(C)C)c1nn[nH]n1. The molecule has 1 aromatic heterocycles. The van der Waals surface area contributed by atoms with Crippen LogP contribution in [0.2, 0.25) is 0 Å². The fourth-order valence-electron chi connectivity index (χ4n) is 3.58. The van der Waals surface area contributed by atoms with Gasteiger partial charge in [-0.05, 0) is 13.3 Å². The molecule has 110 valence electrons. The topological polar surface area (TPSA) is 119 Å². The Kier molecular flexibility index (Phi) is 2.84. The summed E-state index contributed by atoms with van der Waals surface area (Å²) in [5.74, 6) is 0.347. The molecule has 2 fully saturated rings. The minimum Gasteiger partial charge on any atom is -0.377 e. The Labute approximate surface area is 116 Å². The molecule has 1 aliphatic heterocycles. The molecule has 0 spiro atoms. The maximum absolute atomic E-state index is 12.6. The molecule has 1 aliphatic carbocycles. The van der Waals surface area contributed by atoms with E-state index in [1.807, 2.05) is 13.8 Å². The molecule has 1 aromatic rings. The van der Waals surface area contributed by atoms with Gasteiger partial charge in [0.2, 0.25) is 5.91 Å². The summed E-state index contributed by atoms with van der Waals surface area (Å²) in [5, 5.41) is 16.5. The predicted molar refractivity (Wildman–Crippen MR) is 69.3 cm³/mol. The molecule has 8 nitrogen and oxygen atoms in total. The van der Waals surface area contributed by atoms with E-state index in [0.29, 0.717) is 12.4 Å². The van der Waals surface area contributed by atoms with Gasteiger partial charge < -0.3 is 15.8 Å². The van der Waals surface area contributed by atoms with Crippen molar-refractivity contribution in [3.8, 4) is 0 Å². The second-order valence-electron chi connectivity index (χ2n) is 6.24. The van der Waals surface area contributed by atoms with Crippen molar-refractivity contribution in [3.63, 3.8) is 0 Å². The Morgan fingerprint density at radius 1 is 1.60 bits per heavy atom. The molecule has 0 bridgehead atoms. The third kappa shape index (κ3) is 1.55. The summed E-state index contributed by atoms with van der Waals surface area (Å²) in [6, 6.07) is -0.334. The van der Waals surface area contributed by atoms with Crippen LogP contribution in [-0.2, 0) is 9.53 Å². The van der Waals surface area contributed by atoms with Gasteiger partial charge in [-0.25, -0.2) is 0 Å². The van der Waals surface area contributed by atoms with Crippen molar-refractivity contribution in [1.29, 1.82) is 0 Å². The van der Waals surface area contributed by atoms with Crippen molar-refractivity contribution in [2.45, 2.75) is 44.9 Å². The number of hydrogen-bond acceptors (Lipinski definition) is 6. The first-order chi connectivity index (χ1) is 9.39. The quantitative estimate of drug-likeness (QED) is 0.688. The number of ether oxygens (including phenoxy) is 1. The first-order valence-electron chi connectivity index (χ1n) is 6.84. The van der Waals surface area contributed by atoms with Crippen molar-refractivity contribution in [2.75, 3.05) is 6.61 Å². The second kappa shape index (κ2) is 4.23. The summed E-state index contributed by atoms with van der Waals surface area (Å²) in [6.07, 6.45) is 0.896. The number of nitrogens with zero attached hydrogens (tertiary/aromatic N) is 3. The second-order valence-corrected chi connectivity index (χ2v) is 6.24. The minimum absolute atomic E-state index is 0.0683. The van der Waals surface area contributed by atoms with E-state index >= 15 is 0 Å². The van der Waals surface area contributed by atoms with E-state index in [0.717, 1.165) is 6.42 Å². The number of amides is 1. The van der Waals surface area contributed by atoms with Crippen LogP contribution in [0.3, 0.4) is 0 Å². The molecule has 2 aliphatic rings. The lowest BCUT2D eigenvalue weighted by Gasteiger charge is -2.60. The van der Waals surface area contributed by atoms with Crippen LogP contribution in [0.1, 0.15) is 39.1 Å². The number of aromatic nitrogens is 4. The highest BCUT2D eigenvalue weighted by atomic mass is 16.5. The lowest BCUT2D eigenvalue weighted by Crippen LogP contribution is -2.80. The number of carbonyl (C=O) groups excluding carboxylic acids is 1. The Bertz CT molecular complexity index is 516. The summed E-state index contributed by atoms with van der Waals surface area (Å²) in [5.41, 5.74) is 5.16. The summed E-state index contributed by atoms with van der Waals surface area (Å²) in [7, 11) is 0. The molecule has 2 heterocycles. The third-order valence-corrected chi connectivity index (χ3v) is 4.93. The Hall–Kier alpha value is -1.54. The average molecular weight is 280 g/mol. The molecule has 4 atom stereocenters. The van der Waals surface area contributed by atoms with Crippen molar-refractivity contribution in [3.05, 3.63) is 5.82 Å². The number of carbonyl (C=O) groups is 1. The average Bonchev–Trinajstić information content (AvgIpc) is 3.07. The van der Waals surface area contributed by atoms with Crippen LogP contribution in [0.25, 0.3) is 0 Å². The summed E-state index contributed by atoms with van der Waals surface area (Å²) in [6.45, 7) is 6.45. The van der Waals surface area contributed by atoms with Gasteiger partial charge in [0.05, 0.1) is 12.1 Å². The lowest BCUT2D eigenvalue weighted by atomic mass is 9.48. The van der Waals surface area contributed by atoms with Gasteiger partial charge >= 0.3 is 0 Å². The Morgan fingerprint density at radius 3 is 3.00 bits per heavy atom. The van der Waals surface area contributed by atoms with Gasteiger partial charge in [0.25, 0.3) is 0 Å². The van der Waals surface area contributed by atoms with E-state index < -0.39 is 5.54 Å². The number of nitrogens with two attached hydrogens (primary N) is 1. The maximum atomic E-state index is 12.6. The van der Waals surface area contributed by atoms with Crippen LogP contribution < -0.4 is 11.1 Å². The molecule has 1 saturated carbocycles. The first kappa shape index (κ1) is 13.4. The molecular formula is C12H20N6O2. The summed E-state index contributed by atoms with van der Waals surface area (Å²) < 4.78 is 5.69. The van der Waals surface area contributed by atoms with E-state index in [-0.39, 0.29) is 29.4 Å². The number of H-pyrrole nitrogens is 1.